The summed E-state index contributed by atoms with van der Waals surface area (Å²) in [6, 6.07) is 9.37. The Morgan fingerprint density at radius 2 is 1.93 bits per heavy atom. The second-order valence-corrected chi connectivity index (χ2v) is 4.29. The van der Waals surface area contributed by atoms with Gasteiger partial charge in [-0.1, -0.05) is 44.2 Å². The van der Waals surface area contributed by atoms with Crippen molar-refractivity contribution in [1.82, 2.24) is 0 Å². The van der Waals surface area contributed by atoms with Gasteiger partial charge in [0.25, 0.3) is 0 Å². The van der Waals surface area contributed by atoms with Crippen LogP contribution in [0.2, 0.25) is 0 Å². The Hall–Kier alpha value is -1.35. The zero-order valence-corrected chi connectivity index (χ0v) is 9.10. The van der Waals surface area contributed by atoms with E-state index in [0.29, 0.717) is 0 Å². The number of hydrogen-bond acceptors (Lipinski definition) is 2. The predicted octanol–water partition coefficient (Wildman–Crippen LogP) is 1.77. The van der Waals surface area contributed by atoms with E-state index in [0.717, 1.165) is 5.56 Å². The molecule has 3 N–H and O–H groups in total. The van der Waals surface area contributed by atoms with Gasteiger partial charge in [-0.3, -0.25) is 4.79 Å². The van der Waals surface area contributed by atoms with Crippen molar-refractivity contribution in [2.45, 2.75) is 31.7 Å². The van der Waals surface area contributed by atoms with Gasteiger partial charge < -0.3 is 10.8 Å². The Labute approximate surface area is 89.9 Å². The van der Waals surface area contributed by atoms with Crippen LogP contribution in [0, 0.1) is 0 Å². The van der Waals surface area contributed by atoms with E-state index in [4.69, 9.17) is 10.8 Å². The van der Waals surface area contributed by atoms with Crippen LogP contribution >= 0.6 is 0 Å². The largest absolute Gasteiger partial charge is 0.481 e. The van der Waals surface area contributed by atoms with Crippen molar-refractivity contribution in [3.8, 4) is 0 Å². The Morgan fingerprint density at radius 3 is 2.40 bits per heavy atom. The lowest BCUT2D eigenvalue weighted by Gasteiger charge is -2.31. The average molecular weight is 207 g/mol. The van der Waals surface area contributed by atoms with E-state index in [1.165, 1.54) is 0 Å². The minimum absolute atomic E-state index is 0.0120. The maximum Gasteiger partial charge on any atom is 0.304 e. The maximum atomic E-state index is 10.6. The molecule has 15 heavy (non-hydrogen) atoms. The molecule has 0 saturated carbocycles. The molecule has 0 aliphatic heterocycles. The molecule has 0 aliphatic carbocycles. The molecule has 0 aliphatic rings. The fourth-order valence-electron chi connectivity index (χ4n) is 1.53. The van der Waals surface area contributed by atoms with Gasteiger partial charge in [0.2, 0.25) is 0 Å². The predicted molar refractivity (Wildman–Crippen MR) is 59.7 cm³/mol. The Balaban J connectivity index is 2.87. The molecule has 1 aromatic rings. The lowest BCUT2D eigenvalue weighted by Crippen LogP contribution is -2.42. The zero-order chi connectivity index (χ0) is 11.5. The van der Waals surface area contributed by atoms with Crippen LogP contribution in [0.15, 0.2) is 30.3 Å². The molecule has 0 spiro atoms. The molecule has 1 rings (SSSR count). The van der Waals surface area contributed by atoms with E-state index in [2.05, 4.69) is 0 Å². The van der Waals surface area contributed by atoms with Crippen molar-refractivity contribution in [3.05, 3.63) is 35.9 Å². The van der Waals surface area contributed by atoms with Crippen LogP contribution in [-0.4, -0.2) is 17.1 Å². The molecule has 82 valence electrons. The first kappa shape index (κ1) is 11.7. The van der Waals surface area contributed by atoms with Crippen molar-refractivity contribution in [1.29, 1.82) is 0 Å². The summed E-state index contributed by atoms with van der Waals surface area (Å²) in [4.78, 5) is 10.6. The van der Waals surface area contributed by atoms with Gasteiger partial charge in [-0.15, -0.1) is 0 Å². The highest BCUT2D eigenvalue weighted by Crippen LogP contribution is 2.27. The maximum absolute atomic E-state index is 10.6. The number of benzene rings is 1. The van der Waals surface area contributed by atoms with Gasteiger partial charge in [-0.2, -0.15) is 0 Å². The highest BCUT2D eigenvalue weighted by molar-refractivity contribution is 5.67. The summed E-state index contributed by atoms with van der Waals surface area (Å²) >= 11 is 0. The third-order valence-corrected chi connectivity index (χ3v) is 2.84. The zero-order valence-electron chi connectivity index (χ0n) is 9.10. The van der Waals surface area contributed by atoms with Crippen LogP contribution in [0.5, 0.6) is 0 Å². The van der Waals surface area contributed by atoms with E-state index in [-0.39, 0.29) is 17.9 Å². The van der Waals surface area contributed by atoms with Gasteiger partial charge in [-0.25, -0.2) is 0 Å². The van der Waals surface area contributed by atoms with Crippen LogP contribution in [0.1, 0.15) is 25.8 Å². The fraction of sp³-hybridized carbons (Fsp3) is 0.417. The topological polar surface area (TPSA) is 63.3 Å². The first-order valence-electron chi connectivity index (χ1n) is 4.97. The molecular formula is C12H17NO2. The molecule has 0 amide bonds. The number of carbonyl (C=O) groups is 1. The standard InChI is InChI=1S/C12H17NO2/c1-12(2,10(13)8-11(14)15)9-6-4-3-5-7-9/h3-7,10H,8,13H2,1-2H3,(H,14,15). The van der Waals surface area contributed by atoms with Gasteiger partial charge in [0.15, 0.2) is 0 Å². The van der Waals surface area contributed by atoms with Crippen molar-refractivity contribution >= 4 is 5.97 Å². The summed E-state index contributed by atoms with van der Waals surface area (Å²) in [5.74, 6) is -0.855. The summed E-state index contributed by atoms with van der Waals surface area (Å²) in [6.07, 6.45) is -0.0120. The van der Waals surface area contributed by atoms with E-state index in [1.54, 1.807) is 0 Å². The van der Waals surface area contributed by atoms with Crippen molar-refractivity contribution in [2.75, 3.05) is 0 Å². The number of rotatable bonds is 4. The number of nitrogens with two attached hydrogens (primary N) is 1. The van der Waals surface area contributed by atoms with E-state index in [1.807, 2.05) is 44.2 Å². The normalized spacial score (nSPS) is 13.5. The van der Waals surface area contributed by atoms with Gasteiger partial charge in [-0.05, 0) is 5.56 Å². The summed E-state index contributed by atoms with van der Waals surface area (Å²) < 4.78 is 0. The molecule has 0 radical (unpaired) electrons. The smallest absolute Gasteiger partial charge is 0.304 e. The molecule has 0 aromatic heterocycles. The Kier molecular flexibility index (Phi) is 3.48. The summed E-state index contributed by atoms with van der Waals surface area (Å²) in [5, 5.41) is 8.71. The van der Waals surface area contributed by atoms with Gasteiger partial charge in [0, 0.05) is 11.5 Å². The second-order valence-electron chi connectivity index (χ2n) is 4.29. The van der Waals surface area contributed by atoms with Crippen molar-refractivity contribution in [2.24, 2.45) is 5.73 Å². The van der Waals surface area contributed by atoms with Crippen LogP contribution in [0.4, 0.5) is 0 Å². The van der Waals surface area contributed by atoms with Crippen LogP contribution < -0.4 is 5.73 Å². The van der Waals surface area contributed by atoms with Gasteiger partial charge in [0.05, 0.1) is 6.42 Å². The minimum atomic E-state index is -0.855. The highest BCUT2D eigenvalue weighted by Gasteiger charge is 2.29. The molecule has 3 heteroatoms. The molecule has 0 bridgehead atoms. The molecule has 1 atom stereocenters. The summed E-state index contributed by atoms with van der Waals surface area (Å²) in [6.45, 7) is 3.94. The molecule has 1 unspecified atom stereocenters. The van der Waals surface area contributed by atoms with Crippen LogP contribution in [0.3, 0.4) is 0 Å². The molecule has 3 nitrogen and oxygen atoms in total. The third kappa shape index (κ3) is 2.80. The third-order valence-electron chi connectivity index (χ3n) is 2.84. The minimum Gasteiger partial charge on any atom is -0.481 e. The van der Waals surface area contributed by atoms with Crippen molar-refractivity contribution in [3.63, 3.8) is 0 Å². The first-order valence-corrected chi connectivity index (χ1v) is 4.97. The van der Waals surface area contributed by atoms with Gasteiger partial charge >= 0.3 is 5.97 Å². The molecule has 0 fully saturated rings. The number of hydrogen-bond donors (Lipinski definition) is 2. The lowest BCUT2D eigenvalue weighted by atomic mass is 9.77. The quantitative estimate of drug-likeness (QED) is 0.790. The van der Waals surface area contributed by atoms with Crippen molar-refractivity contribution < 1.29 is 9.90 Å². The Bertz CT molecular complexity index is 333. The lowest BCUT2D eigenvalue weighted by molar-refractivity contribution is -0.137. The average Bonchev–Trinajstić information content (AvgIpc) is 2.18. The molecule has 0 heterocycles. The fourth-order valence-corrected chi connectivity index (χ4v) is 1.53. The van der Waals surface area contributed by atoms with Crippen LogP contribution in [0.25, 0.3) is 0 Å². The number of carboxylic acid groups (broad SMARTS) is 1. The first-order chi connectivity index (χ1) is 6.94. The molecule has 0 saturated heterocycles. The SMILES string of the molecule is CC(C)(c1ccccc1)C(N)CC(=O)O. The summed E-state index contributed by atoms with van der Waals surface area (Å²) in [7, 11) is 0. The highest BCUT2D eigenvalue weighted by atomic mass is 16.4. The number of carboxylic acids is 1. The molecular weight excluding hydrogens is 190 g/mol. The van der Waals surface area contributed by atoms with Crippen LogP contribution in [-0.2, 0) is 10.2 Å². The molecule has 1 aromatic carbocycles. The second kappa shape index (κ2) is 4.45. The van der Waals surface area contributed by atoms with E-state index in [9.17, 15) is 4.79 Å². The van der Waals surface area contributed by atoms with Gasteiger partial charge in [0.1, 0.15) is 0 Å². The van der Waals surface area contributed by atoms with E-state index < -0.39 is 5.97 Å². The van der Waals surface area contributed by atoms with E-state index >= 15 is 0 Å². The number of aliphatic carboxylic acids is 1. The summed E-state index contributed by atoms with van der Waals surface area (Å²) in [5.41, 5.74) is 6.65. The Morgan fingerprint density at radius 1 is 1.40 bits per heavy atom. The monoisotopic (exact) mass is 207 g/mol.